The van der Waals surface area contributed by atoms with E-state index in [4.69, 9.17) is 5.11 Å². The third-order valence-electron chi connectivity index (χ3n) is 3.67. The molecule has 0 bridgehead atoms. The largest absolute Gasteiger partial charge is 0.477 e. The highest BCUT2D eigenvalue weighted by molar-refractivity contribution is 7.07. The minimum absolute atomic E-state index is 0.0534. The molecule has 3 heterocycles. The van der Waals surface area contributed by atoms with Crippen LogP contribution in [0, 0.1) is 0 Å². The second-order valence-corrected chi connectivity index (χ2v) is 5.73. The number of hydrogen-bond acceptors (Lipinski definition) is 4. The number of amides is 1. The first-order chi connectivity index (χ1) is 10.2. The number of aromatic nitrogens is 1. The van der Waals surface area contributed by atoms with Gasteiger partial charge in [0.25, 0.3) is 5.91 Å². The Morgan fingerprint density at radius 1 is 1.33 bits per heavy atom. The standard InChI is InChI=1S/C15H14N2O3S/c18-14(10-3-4-12(15(19)20)16-8-10)17-6-1-2-13(17)11-5-7-21-9-11/h3-5,7-9,13H,1-2,6H2,(H,19,20)/t13-/m0/s1. The van der Waals surface area contributed by atoms with Gasteiger partial charge in [-0.25, -0.2) is 9.78 Å². The van der Waals surface area contributed by atoms with Crippen molar-refractivity contribution >= 4 is 23.2 Å². The summed E-state index contributed by atoms with van der Waals surface area (Å²) >= 11 is 1.63. The Labute approximate surface area is 125 Å². The van der Waals surface area contributed by atoms with Gasteiger partial charge in [-0.3, -0.25) is 4.79 Å². The molecule has 0 unspecified atom stereocenters. The van der Waals surface area contributed by atoms with Crippen LogP contribution in [0.4, 0.5) is 0 Å². The summed E-state index contributed by atoms with van der Waals surface area (Å²) in [6.07, 6.45) is 3.28. The summed E-state index contributed by atoms with van der Waals surface area (Å²) in [5.41, 5.74) is 1.55. The zero-order valence-electron chi connectivity index (χ0n) is 11.2. The predicted octanol–water partition coefficient (Wildman–Crippen LogP) is 2.82. The van der Waals surface area contributed by atoms with Gasteiger partial charge in [0.2, 0.25) is 0 Å². The number of hydrogen-bond donors (Lipinski definition) is 1. The van der Waals surface area contributed by atoms with Crippen LogP contribution in [0.25, 0.3) is 0 Å². The van der Waals surface area contributed by atoms with E-state index in [2.05, 4.69) is 10.4 Å². The molecule has 5 nitrogen and oxygen atoms in total. The first kappa shape index (κ1) is 13.8. The summed E-state index contributed by atoms with van der Waals surface area (Å²) in [4.78, 5) is 29.0. The van der Waals surface area contributed by atoms with E-state index in [9.17, 15) is 9.59 Å². The molecule has 2 aromatic heterocycles. The van der Waals surface area contributed by atoms with Crippen molar-refractivity contribution in [3.05, 3.63) is 52.0 Å². The fourth-order valence-electron chi connectivity index (χ4n) is 2.63. The highest BCUT2D eigenvalue weighted by Crippen LogP contribution is 2.34. The van der Waals surface area contributed by atoms with Gasteiger partial charge in [-0.05, 0) is 47.4 Å². The van der Waals surface area contributed by atoms with Gasteiger partial charge < -0.3 is 10.0 Å². The first-order valence-corrected chi connectivity index (χ1v) is 7.63. The second-order valence-electron chi connectivity index (χ2n) is 4.95. The molecule has 1 atom stereocenters. The minimum Gasteiger partial charge on any atom is -0.477 e. The fraction of sp³-hybridized carbons (Fsp3) is 0.267. The lowest BCUT2D eigenvalue weighted by molar-refractivity contribution is 0.0685. The molecule has 1 saturated heterocycles. The highest BCUT2D eigenvalue weighted by Gasteiger charge is 2.30. The number of nitrogens with zero attached hydrogens (tertiary/aromatic N) is 2. The molecule has 1 N–H and O–H groups in total. The quantitative estimate of drug-likeness (QED) is 0.946. The van der Waals surface area contributed by atoms with Crippen LogP contribution in [0.15, 0.2) is 35.2 Å². The van der Waals surface area contributed by atoms with Gasteiger partial charge in [-0.2, -0.15) is 11.3 Å². The summed E-state index contributed by atoms with van der Waals surface area (Å²) in [6.45, 7) is 0.722. The van der Waals surface area contributed by atoms with Gasteiger partial charge in [0.15, 0.2) is 0 Å². The zero-order chi connectivity index (χ0) is 14.8. The summed E-state index contributed by atoms with van der Waals surface area (Å²) in [5.74, 6) is -1.18. The Morgan fingerprint density at radius 2 is 2.19 bits per heavy atom. The molecular formula is C15H14N2O3S. The number of aromatic carboxylic acids is 1. The molecule has 1 amide bonds. The number of carbonyl (C=O) groups excluding carboxylic acids is 1. The van der Waals surface area contributed by atoms with Crippen molar-refractivity contribution in [3.8, 4) is 0 Å². The van der Waals surface area contributed by atoms with Gasteiger partial charge in [0.05, 0.1) is 11.6 Å². The summed E-state index contributed by atoms with van der Waals surface area (Å²) < 4.78 is 0. The Bertz CT molecular complexity index is 652. The van der Waals surface area contributed by atoms with Crippen LogP contribution >= 0.6 is 11.3 Å². The van der Waals surface area contributed by atoms with Crippen molar-refractivity contribution in [2.45, 2.75) is 18.9 Å². The van der Waals surface area contributed by atoms with Gasteiger partial charge >= 0.3 is 5.97 Å². The lowest BCUT2D eigenvalue weighted by Crippen LogP contribution is -2.30. The van der Waals surface area contributed by atoms with Crippen LogP contribution in [0.2, 0.25) is 0 Å². The number of pyridine rings is 1. The van der Waals surface area contributed by atoms with Crippen molar-refractivity contribution in [1.82, 2.24) is 9.88 Å². The Kier molecular flexibility index (Phi) is 3.70. The van der Waals surface area contributed by atoms with Crippen LogP contribution < -0.4 is 0 Å². The number of carboxylic acids is 1. The Hall–Kier alpha value is -2.21. The lowest BCUT2D eigenvalue weighted by atomic mass is 10.1. The molecule has 0 aliphatic carbocycles. The van der Waals surface area contributed by atoms with Crippen molar-refractivity contribution in [2.75, 3.05) is 6.54 Å². The second kappa shape index (κ2) is 5.65. The molecule has 3 rings (SSSR count). The molecular weight excluding hydrogens is 288 g/mol. The smallest absolute Gasteiger partial charge is 0.354 e. The molecule has 1 fully saturated rings. The van der Waals surface area contributed by atoms with Crippen molar-refractivity contribution in [3.63, 3.8) is 0 Å². The Balaban J connectivity index is 1.82. The molecule has 0 saturated carbocycles. The lowest BCUT2D eigenvalue weighted by Gasteiger charge is -2.24. The van der Waals surface area contributed by atoms with Crippen molar-refractivity contribution in [2.24, 2.45) is 0 Å². The van der Waals surface area contributed by atoms with Crippen LogP contribution in [0.3, 0.4) is 0 Å². The van der Waals surface area contributed by atoms with E-state index >= 15 is 0 Å². The summed E-state index contributed by atoms with van der Waals surface area (Å²) in [6, 6.07) is 5.06. The number of likely N-dealkylation sites (tertiary alicyclic amines) is 1. The average molecular weight is 302 g/mol. The van der Waals surface area contributed by atoms with E-state index in [-0.39, 0.29) is 17.6 Å². The number of rotatable bonds is 3. The van der Waals surface area contributed by atoms with E-state index in [1.165, 1.54) is 23.9 Å². The maximum absolute atomic E-state index is 12.6. The molecule has 1 aliphatic rings. The van der Waals surface area contributed by atoms with Crippen molar-refractivity contribution < 1.29 is 14.7 Å². The van der Waals surface area contributed by atoms with Crippen LogP contribution in [-0.2, 0) is 0 Å². The van der Waals surface area contributed by atoms with E-state index in [0.717, 1.165) is 19.4 Å². The van der Waals surface area contributed by atoms with Crippen LogP contribution in [0.1, 0.15) is 45.3 Å². The van der Waals surface area contributed by atoms with E-state index < -0.39 is 5.97 Å². The monoisotopic (exact) mass is 302 g/mol. The molecule has 0 aromatic carbocycles. The molecule has 0 spiro atoms. The molecule has 108 valence electrons. The maximum Gasteiger partial charge on any atom is 0.354 e. The van der Waals surface area contributed by atoms with Gasteiger partial charge in [-0.1, -0.05) is 0 Å². The van der Waals surface area contributed by atoms with Crippen LogP contribution in [0.5, 0.6) is 0 Å². The number of thiophene rings is 1. The highest BCUT2D eigenvalue weighted by atomic mass is 32.1. The third kappa shape index (κ3) is 2.67. The average Bonchev–Trinajstić information content (AvgIpc) is 3.17. The topological polar surface area (TPSA) is 70.5 Å². The van der Waals surface area contributed by atoms with Crippen LogP contribution in [-0.4, -0.2) is 33.4 Å². The maximum atomic E-state index is 12.6. The SMILES string of the molecule is O=C(O)c1ccc(C(=O)N2CCC[C@H]2c2ccsc2)cn1. The Morgan fingerprint density at radius 3 is 2.81 bits per heavy atom. The van der Waals surface area contributed by atoms with Crippen molar-refractivity contribution in [1.29, 1.82) is 0 Å². The predicted molar refractivity (Wildman–Crippen MR) is 78.5 cm³/mol. The number of carbonyl (C=O) groups is 2. The van der Waals surface area contributed by atoms with Gasteiger partial charge in [0.1, 0.15) is 5.69 Å². The van der Waals surface area contributed by atoms with Gasteiger partial charge in [0, 0.05) is 12.7 Å². The molecule has 6 heteroatoms. The molecule has 21 heavy (non-hydrogen) atoms. The van der Waals surface area contributed by atoms with Gasteiger partial charge in [-0.15, -0.1) is 0 Å². The summed E-state index contributed by atoms with van der Waals surface area (Å²) in [7, 11) is 0. The molecule has 2 aromatic rings. The molecule has 1 aliphatic heterocycles. The normalized spacial score (nSPS) is 17.9. The van der Waals surface area contributed by atoms with E-state index in [1.807, 2.05) is 16.3 Å². The third-order valence-corrected chi connectivity index (χ3v) is 4.37. The minimum atomic E-state index is -1.09. The molecule has 0 radical (unpaired) electrons. The van der Waals surface area contributed by atoms with E-state index in [0.29, 0.717) is 5.56 Å². The summed E-state index contributed by atoms with van der Waals surface area (Å²) in [5, 5.41) is 12.9. The number of carboxylic acid groups (broad SMARTS) is 1. The fourth-order valence-corrected chi connectivity index (χ4v) is 3.34. The zero-order valence-corrected chi connectivity index (χ0v) is 12.0. The first-order valence-electron chi connectivity index (χ1n) is 6.69. The van der Waals surface area contributed by atoms with E-state index in [1.54, 1.807) is 11.3 Å².